The molecule has 0 heterocycles. The van der Waals surface area contributed by atoms with Crippen molar-refractivity contribution in [2.45, 2.75) is 25.9 Å². The van der Waals surface area contributed by atoms with Crippen molar-refractivity contribution in [1.29, 1.82) is 5.26 Å². The lowest BCUT2D eigenvalue weighted by molar-refractivity contribution is 0.167. The summed E-state index contributed by atoms with van der Waals surface area (Å²) in [6.07, 6.45) is -0.114. The minimum atomic E-state index is -0.996. The van der Waals surface area contributed by atoms with Gasteiger partial charge in [0.2, 0.25) is 0 Å². The Kier molecular flexibility index (Phi) is 9.06. The number of methoxy groups -OCH3 is 1. The molecule has 8 heteroatoms. The van der Waals surface area contributed by atoms with Gasteiger partial charge < -0.3 is 19.9 Å². The molecule has 0 aliphatic rings. The third-order valence-electron chi connectivity index (χ3n) is 4.44. The summed E-state index contributed by atoms with van der Waals surface area (Å²) in [6, 6.07) is 12.1. The Balaban J connectivity index is 1.87. The molecule has 2 rings (SSSR count). The van der Waals surface area contributed by atoms with Crippen molar-refractivity contribution >= 4 is 11.8 Å². The zero-order valence-electron chi connectivity index (χ0n) is 17.1. The number of carbonyl (C=O) groups excluding carboxylic acids is 1. The van der Waals surface area contributed by atoms with Crippen LogP contribution in [-0.2, 0) is 11.2 Å². The molecule has 160 valence electrons. The highest BCUT2D eigenvalue weighted by Gasteiger charge is 2.17. The molecule has 0 fully saturated rings. The average Bonchev–Trinajstić information content (AvgIpc) is 2.75. The number of rotatable bonds is 10. The Morgan fingerprint density at radius 1 is 1.30 bits per heavy atom. The summed E-state index contributed by atoms with van der Waals surface area (Å²) in [7, 11) is 1.63. The average molecular weight is 415 g/mol. The highest BCUT2D eigenvalue weighted by Crippen LogP contribution is 2.25. The molecule has 0 aliphatic carbocycles. The number of halogens is 1. The first kappa shape index (κ1) is 23.1. The summed E-state index contributed by atoms with van der Waals surface area (Å²) in [5.41, 5.74) is 1.08. The maximum Gasteiger partial charge on any atom is 0.411 e. The van der Waals surface area contributed by atoms with Crippen molar-refractivity contribution < 1.29 is 23.8 Å². The largest absolute Gasteiger partial charge is 0.497 e. The van der Waals surface area contributed by atoms with Crippen LogP contribution in [0, 0.1) is 17.1 Å². The Morgan fingerprint density at radius 2 is 2.03 bits per heavy atom. The van der Waals surface area contributed by atoms with Gasteiger partial charge in [0.1, 0.15) is 17.6 Å². The van der Waals surface area contributed by atoms with E-state index < -0.39 is 18.0 Å². The molecule has 1 unspecified atom stereocenters. The number of aliphatic hydroxyl groups is 1. The van der Waals surface area contributed by atoms with Gasteiger partial charge in [0.25, 0.3) is 0 Å². The van der Waals surface area contributed by atoms with Crippen molar-refractivity contribution in [1.82, 2.24) is 5.32 Å². The fourth-order valence-corrected chi connectivity index (χ4v) is 2.87. The number of nitriles is 1. The van der Waals surface area contributed by atoms with E-state index in [1.165, 1.54) is 11.6 Å². The van der Waals surface area contributed by atoms with Crippen LogP contribution in [0.1, 0.15) is 36.1 Å². The van der Waals surface area contributed by atoms with E-state index in [4.69, 9.17) is 9.47 Å². The number of amides is 1. The summed E-state index contributed by atoms with van der Waals surface area (Å²) in [4.78, 5) is 11.5. The molecule has 3 N–H and O–H groups in total. The van der Waals surface area contributed by atoms with E-state index >= 15 is 0 Å². The van der Waals surface area contributed by atoms with Gasteiger partial charge in [-0.3, -0.25) is 5.32 Å². The Morgan fingerprint density at radius 3 is 2.67 bits per heavy atom. The summed E-state index contributed by atoms with van der Waals surface area (Å²) < 4.78 is 24.2. The molecule has 7 nitrogen and oxygen atoms in total. The number of hydrogen-bond donors (Lipinski definition) is 3. The fraction of sp³-hybridized carbons (Fsp3) is 0.364. The van der Waals surface area contributed by atoms with Crippen molar-refractivity contribution in [3.63, 3.8) is 0 Å². The monoisotopic (exact) mass is 415 g/mol. The van der Waals surface area contributed by atoms with Crippen LogP contribution in [0.4, 0.5) is 14.9 Å². The minimum Gasteiger partial charge on any atom is -0.497 e. The van der Waals surface area contributed by atoms with Gasteiger partial charge in [0.05, 0.1) is 31.1 Å². The van der Waals surface area contributed by atoms with Gasteiger partial charge in [-0.15, -0.1) is 0 Å². The first-order valence-corrected chi connectivity index (χ1v) is 9.67. The van der Waals surface area contributed by atoms with Crippen molar-refractivity contribution in [3.05, 3.63) is 58.9 Å². The van der Waals surface area contributed by atoms with Crippen LogP contribution in [0.25, 0.3) is 0 Å². The zero-order valence-corrected chi connectivity index (χ0v) is 17.1. The SMILES string of the molecule is CCOC(=O)Nc1c(F)cc(C(O)CNCCCc2ccc(OC)cc2)cc1C#N. The van der Waals surface area contributed by atoms with Crippen LogP contribution in [-0.4, -0.2) is 38.0 Å². The van der Waals surface area contributed by atoms with E-state index in [1.807, 2.05) is 30.3 Å². The molecule has 1 amide bonds. The van der Waals surface area contributed by atoms with E-state index in [2.05, 4.69) is 10.6 Å². The number of benzene rings is 2. The molecule has 0 spiro atoms. The molecule has 0 aromatic heterocycles. The van der Waals surface area contributed by atoms with E-state index in [0.717, 1.165) is 24.7 Å². The predicted octanol–water partition coefficient (Wildman–Crippen LogP) is 3.53. The molecule has 0 aliphatic heterocycles. The van der Waals surface area contributed by atoms with E-state index in [0.29, 0.717) is 6.54 Å². The maximum atomic E-state index is 14.4. The van der Waals surface area contributed by atoms with E-state index in [1.54, 1.807) is 14.0 Å². The Hall–Kier alpha value is -3.15. The van der Waals surface area contributed by atoms with Crippen LogP contribution >= 0.6 is 0 Å². The lowest BCUT2D eigenvalue weighted by Gasteiger charge is -2.15. The lowest BCUT2D eigenvalue weighted by Crippen LogP contribution is -2.23. The van der Waals surface area contributed by atoms with Crippen LogP contribution in [0.3, 0.4) is 0 Å². The predicted molar refractivity (Wildman–Crippen MR) is 111 cm³/mol. The standard InChI is InChI=1S/C22H26FN3O4/c1-3-30-22(28)26-21-17(13-24)11-16(12-19(21)23)20(27)14-25-10-4-5-15-6-8-18(29-2)9-7-15/h6-9,11-12,20,25,27H,3-5,10,14H2,1-2H3,(H,26,28). The van der Waals surface area contributed by atoms with Crippen LogP contribution in [0.15, 0.2) is 36.4 Å². The number of hydrogen-bond acceptors (Lipinski definition) is 6. The smallest absolute Gasteiger partial charge is 0.411 e. The van der Waals surface area contributed by atoms with E-state index in [9.17, 15) is 19.6 Å². The van der Waals surface area contributed by atoms with Crippen molar-refractivity contribution in [3.8, 4) is 11.8 Å². The zero-order chi connectivity index (χ0) is 21.9. The highest BCUT2D eigenvalue weighted by atomic mass is 19.1. The Bertz CT molecular complexity index is 881. The van der Waals surface area contributed by atoms with Crippen LogP contribution in [0.2, 0.25) is 0 Å². The molecule has 2 aromatic rings. The first-order valence-electron chi connectivity index (χ1n) is 9.67. The first-order chi connectivity index (χ1) is 14.5. The summed E-state index contributed by atoms with van der Waals surface area (Å²) in [6.45, 7) is 2.61. The van der Waals surface area contributed by atoms with Gasteiger partial charge in [0.15, 0.2) is 0 Å². The second-order valence-electron chi connectivity index (χ2n) is 6.55. The number of carbonyl (C=O) groups is 1. The van der Waals surface area contributed by atoms with E-state index in [-0.39, 0.29) is 30.0 Å². The van der Waals surface area contributed by atoms with Crippen LogP contribution in [0.5, 0.6) is 5.75 Å². The molecule has 0 radical (unpaired) electrons. The molecule has 0 saturated heterocycles. The van der Waals surface area contributed by atoms with Crippen LogP contribution < -0.4 is 15.4 Å². The molecule has 1 atom stereocenters. The number of anilines is 1. The third-order valence-corrected chi connectivity index (χ3v) is 4.44. The maximum absolute atomic E-state index is 14.4. The second-order valence-corrected chi connectivity index (χ2v) is 6.55. The summed E-state index contributed by atoms with van der Waals surface area (Å²) in [5.74, 6) is 0.00287. The Labute approximate surface area is 175 Å². The van der Waals surface area contributed by atoms with Gasteiger partial charge in [-0.25, -0.2) is 9.18 Å². The quantitative estimate of drug-likeness (QED) is 0.513. The topological polar surface area (TPSA) is 104 Å². The molecule has 0 bridgehead atoms. The van der Waals surface area contributed by atoms with Gasteiger partial charge >= 0.3 is 6.09 Å². The van der Waals surface area contributed by atoms with Gasteiger partial charge in [-0.1, -0.05) is 12.1 Å². The van der Waals surface area contributed by atoms with Gasteiger partial charge in [-0.2, -0.15) is 5.26 Å². The third kappa shape index (κ3) is 6.72. The highest BCUT2D eigenvalue weighted by molar-refractivity contribution is 5.86. The number of aryl methyl sites for hydroxylation is 1. The second kappa shape index (κ2) is 11.8. The number of nitrogens with zero attached hydrogens (tertiary/aromatic N) is 1. The molecular formula is C22H26FN3O4. The lowest BCUT2D eigenvalue weighted by atomic mass is 10.0. The van der Waals surface area contributed by atoms with Gasteiger partial charge in [0, 0.05) is 6.54 Å². The minimum absolute atomic E-state index is 0.0865. The number of ether oxygens (including phenoxy) is 2. The summed E-state index contributed by atoms with van der Waals surface area (Å²) >= 11 is 0. The van der Waals surface area contributed by atoms with Gasteiger partial charge in [-0.05, 0) is 61.7 Å². The molecule has 2 aromatic carbocycles. The molecule has 30 heavy (non-hydrogen) atoms. The van der Waals surface area contributed by atoms with Crippen molar-refractivity contribution in [2.24, 2.45) is 0 Å². The number of aliphatic hydroxyl groups excluding tert-OH is 1. The normalized spacial score (nSPS) is 11.4. The fourth-order valence-electron chi connectivity index (χ4n) is 2.87. The summed E-state index contributed by atoms with van der Waals surface area (Å²) in [5, 5.41) is 24.9. The molecular weight excluding hydrogens is 389 g/mol. The molecule has 0 saturated carbocycles. The van der Waals surface area contributed by atoms with Crippen molar-refractivity contribution in [2.75, 3.05) is 32.1 Å². The number of nitrogens with one attached hydrogen (secondary N) is 2.